The van der Waals surface area contributed by atoms with Crippen LogP contribution in [0.25, 0.3) is 0 Å². The number of hydrogen-bond donors (Lipinski definition) is 4. The van der Waals surface area contributed by atoms with Gasteiger partial charge >= 0.3 is 28.4 Å². The van der Waals surface area contributed by atoms with E-state index in [1.54, 1.807) is 0 Å². The third kappa shape index (κ3) is 3.40. The van der Waals surface area contributed by atoms with Gasteiger partial charge in [0.05, 0.1) is 0 Å². The monoisotopic (exact) mass is 306 g/mol. The smallest absolute Gasteiger partial charge is 0.320 e. The van der Waals surface area contributed by atoms with Crippen LogP contribution >= 0.6 is 23.0 Å². The van der Waals surface area contributed by atoms with Gasteiger partial charge in [0.25, 0.3) is 0 Å². The topological polar surface area (TPSA) is 151 Å². The van der Waals surface area contributed by atoms with E-state index in [9.17, 15) is 22.5 Å². The van der Waals surface area contributed by atoms with E-state index >= 15 is 0 Å². The van der Waals surface area contributed by atoms with Crippen molar-refractivity contribution in [3.63, 3.8) is 0 Å². The molecular weight excluding hydrogens is 299 g/mol. The average molecular weight is 306 g/mol. The summed E-state index contributed by atoms with van der Waals surface area (Å²) in [6.45, 7) is 0. The normalized spacial score (nSPS) is 21.2. The Bertz CT molecular complexity index is 398. The van der Waals surface area contributed by atoms with Crippen LogP contribution in [-0.2, 0) is 22.5 Å². The summed E-state index contributed by atoms with van der Waals surface area (Å²) >= 11 is 0. The maximum Gasteiger partial charge on any atom is 0.479 e. The van der Waals surface area contributed by atoms with Crippen LogP contribution in [0, 0.1) is 0 Å². The van der Waals surface area contributed by atoms with Gasteiger partial charge in [0.2, 0.25) is 0 Å². The fourth-order valence-electron chi connectivity index (χ4n) is 0.387. The van der Waals surface area contributed by atoms with Crippen molar-refractivity contribution in [1.82, 2.24) is 0 Å². The van der Waals surface area contributed by atoms with Crippen molar-refractivity contribution in [3.05, 3.63) is 0 Å². The highest BCUT2D eigenvalue weighted by molar-refractivity contribution is 7.75. The third-order valence-electron chi connectivity index (χ3n) is 1.14. The zero-order valence-corrected chi connectivity index (χ0v) is 10.1. The number of halogens is 2. The lowest BCUT2D eigenvalue weighted by Crippen LogP contribution is -2.18. The zero-order chi connectivity index (χ0) is 13.4. The van der Waals surface area contributed by atoms with Crippen molar-refractivity contribution in [2.24, 2.45) is 0 Å². The molecule has 0 aliphatic rings. The Morgan fingerprint density at radius 1 is 1.06 bits per heavy atom. The lowest BCUT2D eigenvalue weighted by Gasteiger charge is -2.23. The van der Waals surface area contributed by atoms with Crippen molar-refractivity contribution >= 4 is 23.0 Å². The molecule has 0 heterocycles. The second kappa shape index (κ2) is 4.53. The predicted molar refractivity (Wildman–Crippen MR) is 44.7 cm³/mol. The van der Waals surface area contributed by atoms with Gasteiger partial charge in [-0.3, -0.25) is 13.7 Å². The summed E-state index contributed by atoms with van der Waals surface area (Å²) < 4.78 is 63.5. The van der Waals surface area contributed by atoms with Crippen LogP contribution in [-0.4, -0.2) is 32.1 Å². The van der Waals surface area contributed by atoms with E-state index in [2.05, 4.69) is 8.83 Å². The van der Waals surface area contributed by atoms with Gasteiger partial charge in [0.15, 0.2) is 0 Å². The van der Waals surface area contributed by atoms with Crippen molar-refractivity contribution in [1.29, 1.82) is 0 Å². The molecule has 14 heteroatoms. The molecule has 0 saturated heterocycles. The minimum atomic E-state index is -6.39. The summed E-state index contributed by atoms with van der Waals surface area (Å²) in [6.07, 6.45) is 0. The first-order valence-corrected chi connectivity index (χ1v) is 7.81. The van der Waals surface area contributed by atoms with Gasteiger partial charge in [-0.25, -0.2) is 8.88 Å². The van der Waals surface area contributed by atoms with Crippen molar-refractivity contribution in [3.8, 4) is 0 Å². The molecule has 4 N–H and O–H groups in total. The number of hydrogen-bond acceptors (Lipinski definition) is 5. The minimum Gasteiger partial charge on any atom is -0.320 e. The summed E-state index contributed by atoms with van der Waals surface area (Å²) in [4.78, 5) is 33.2. The maximum atomic E-state index is 12.7. The Morgan fingerprint density at radius 3 is 1.69 bits per heavy atom. The molecule has 0 aromatic carbocycles. The molecule has 0 fully saturated rings. The average Bonchev–Trinajstić information content (AvgIpc) is 2.00. The number of alkyl halides is 2. The second-order valence-electron chi connectivity index (χ2n) is 2.31. The lowest BCUT2D eigenvalue weighted by atomic mass is 11.6. The highest BCUT2D eigenvalue weighted by Gasteiger charge is 2.66. The Labute approximate surface area is 87.3 Å². The SMILES string of the molecule is COP(=O)(O)OP(=O)(O)C(F)(F)P(=O)(O)O. The van der Waals surface area contributed by atoms with Gasteiger partial charge in [0, 0.05) is 7.11 Å². The minimum absolute atomic E-state index is 0.496. The van der Waals surface area contributed by atoms with Crippen molar-refractivity contribution in [2.45, 2.75) is 5.40 Å². The highest BCUT2D eigenvalue weighted by atomic mass is 31.3. The van der Waals surface area contributed by atoms with Crippen molar-refractivity contribution < 1.29 is 50.9 Å². The van der Waals surface area contributed by atoms with E-state index in [4.69, 9.17) is 19.6 Å². The molecular formula is C2H7F2O9P3. The van der Waals surface area contributed by atoms with Crippen LogP contribution in [0.5, 0.6) is 0 Å². The molecule has 0 amide bonds. The van der Waals surface area contributed by atoms with Crippen LogP contribution in [0.15, 0.2) is 0 Å². The Kier molecular flexibility index (Phi) is 4.62. The van der Waals surface area contributed by atoms with E-state index in [-0.39, 0.29) is 0 Å². The first-order valence-electron chi connectivity index (χ1n) is 3.13. The molecule has 2 atom stereocenters. The molecule has 0 aromatic heterocycles. The molecule has 98 valence electrons. The van der Waals surface area contributed by atoms with Crippen LogP contribution in [0.1, 0.15) is 0 Å². The molecule has 0 radical (unpaired) electrons. The highest BCUT2D eigenvalue weighted by Crippen LogP contribution is 2.77. The Hall–Kier alpha value is 0.310. The van der Waals surface area contributed by atoms with E-state index in [0.29, 0.717) is 7.11 Å². The summed E-state index contributed by atoms with van der Waals surface area (Å²) in [5.41, 5.74) is 0. The first kappa shape index (κ1) is 16.3. The maximum absolute atomic E-state index is 12.7. The summed E-state index contributed by atoms with van der Waals surface area (Å²) in [5, 5.41) is -5.52. The molecule has 0 aromatic rings. The number of phosphoric acid groups is 1. The standard InChI is InChI=1S/C2H7F2O9P3/c1-12-16(10,11)13-15(8,9)2(3,4)14(5,6)7/h1H3,(H,8,9)(H,10,11)(H2,5,6,7). The molecule has 0 spiro atoms. The van der Waals surface area contributed by atoms with Gasteiger partial charge in [-0.2, -0.15) is 8.78 Å². The molecule has 9 nitrogen and oxygen atoms in total. The van der Waals surface area contributed by atoms with Gasteiger partial charge in [-0.1, -0.05) is 0 Å². The molecule has 0 aliphatic heterocycles. The van der Waals surface area contributed by atoms with E-state index < -0.39 is 28.4 Å². The van der Waals surface area contributed by atoms with Crippen LogP contribution in [0.4, 0.5) is 8.78 Å². The van der Waals surface area contributed by atoms with Gasteiger partial charge in [0.1, 0.15) is 0 Å². The fraction of sp³-hybridized carbons (Fsp3) is 1.00. The van der Waals surface area contributed by atoms with E-state index in [0.717, 1.165) is 0 Å². The molecule has 0 rings (SSSR count). The zero-order valence-electron chi connectivity index (χ0n) is 7.43. The number of phosphoric ester groups is 1. The molecule has 0 bridgehead atoms. The quantitative estimate of drug-likeness (QED) is 0.537. The fourth-order valence-corrected chi connectivity index (χ4v) is 3.81. The van der Waals surface area contributed by atoms with Crippen LogP contribution in [0.2, 0.25) is 0 Å². The largest absolute Gasteiger partial charge is 0.479 e. The second-order valence-corrected chi connectivity index (χ2v) is 7.87. The van der Waals surface area contributed by atoms with Gasteiger partial charge < -0.3 is 19.6 Å². The molecule has 16 heavy (non-hydrogen) atoms. The molecule has 0 aliphatic carbocycles. The molecule has 2 unspecified atom stereocenters. The summed E-state index contributed by atoms with van der Waals surface area (Å²) in [7, 11) is -17.5. The third-order valence-corrected chi connectivity index (χ3v) is 6.23. The van der Waals surface area contributed by atoms with Crippen LogP contribution in [0.3, 0.4) is 0 Å². The van der Waals surface area contributed by atoms with Crippen LogP contribution < -0.4 is 0 Å². The Balaban J connectivity index is 5.32. The lowest BCUT2D eigenvalue weighted by molar-refractivity contribution is 0.102. The summed E-state index contributed by atoms with van der Waals surface area (Å²) in [5.74, 6) is 0. The van der Waals surface area contributed by atoms with Gasteiger partial charge in [-0.05, 0) is 0 Å². The van der Waals surface area contributed by atoms with Crippen molar-refractivity contribution in [2.75, 3.05) is 7.11 Å². The molecule has 0 saturated carbocycles. The van der Waals surface area contributed by atoms with E-state index in [1.807, 2.05) is 0 Å². The van der Waals surface area contributed by atoms with E-state index in [1.165, 1.54) is 0 Å². The Morgan fingerprint density at radius 2 is 1.44 bits per heavy atom. The van der Waals surface area contributed by atoms with Gasteiger partial charge in [-0.15, -0.1) is 0 Å². The first-order chi connectivity index (χ1) is 6.77. The predicted octanol–water partition coefficient (Wildman–Crippen LogP) is 0.663. The summed E-state index contributed by atoms with van der Waals surface area (Å²) in [6, 6.07) is 0. The number of rotatable bonds is 5.